The molecule has 2 aromatic heterocycles. The number of aromatic nitrogens is 4. The van der Waals surface area contributed by atoms with Gasteiger partial charge in [-0.25, -0.2) is 9.97 Å². The molecule has 4 heterocycles. The van der Waals surface area contributed by atoms with Gasteiger partial charge in [0, 0.05) is 62.2 Å². The number of rotatable bonds is 2. The summed E-state index contributed by atoms with van der Waals surface area (Å²) >= 11 is 0. The van der Waals surface area contributed by atoms with Crippen LogP contribution < -0.4 is 4.90 Å². The number of anilines is 1. The average Bonchev–Trinajstić information content (AvgIpc) is 3.33. The lowest BCUT2D eigenvalue weighted by Gasteiger charge is -2.22. The summed E-state index contributed by atoms with van der Waals surface area (Å²) in [7, 11) is 1.89. The molecule has 0 radical (unpaired) electrons. The quantitative estimate of drug-likeness (QED) is 0.696. The van der Waals surface area contributed by atoms with Crippen molar-refractivity contribution in [2.24, 2.45) is 18.9 Å². The zero-order valence-corrected chi connectivity index (χ0v) is 15.5. The number of para-hydroxylation sites is 1. The van der Waals surface area contributed by atoms with E-state index < -0.39 is 0 Å². The van der Waals surface area contributed by atoms with Gasteiger partial charge in [0.1, 0.15) is 12.1 Å². The summed E-state index contributed by atoms with van der Waals surface area (Å²) in [6, 6.07) is 9.94. The predicted octanol–water partition coefficient (Wildman–Crippen LogP) is 1.88. The molecule has 1 amide bonds. The van der Waals surface area contributed by atoms with E-state index in [2.05, 4.69) is 20.0 Å². The van der Waals surface area contributed by atoms with Crippen LogP contribution in [0.3, 0.4) is 0 Å². The average molecular weight is 362 g/mol. The number of aryl methyl sites for hydroxylation is 2. The Hall–Kier alpha value is -2.96. The molecule has 5 rings (SSSR count). The maximum atomic E-state index is 13.1. The summed E-state index contributed by atoms with van der Waals surface area (Å²) < 4.78 is 1.79. The molecule has 2 saturated heterocycles. The van der Waals surface area contributed by atoms with Crippen LogP contribution in [-0.4, -0.2) is 56.7 Å². The lowest BCUT2D eigenvalue weighted by atomic mass is 10.0. The van der Waals surface area contributed by atoms with Crippen LogP contribution in [0.5, 0.6) is 0 Å². The van der Waals surface area contributed by atoms with Crippen molar-refractivity contribution in [3.63, 3.8) is 0 Å². The van der Waals surface area contributed by atoms with Crippen molar-refractivity contribution in [2.45, 2.75) is 6.92 Å². The highest BCUT2D eigenvalue weighted by Crippen LogP contribution is 2.34. The van der Waals surface area contributed by atoms with E-state index >= 15 is 0 Å². The second kappa shape index (κ2) is 6.04. The Balaban J connectivity index is 1.33. The zero-order chi connectivity index (χ0) is 18.5. The van der Waals surface area contributed by atoms with Crippen LogP contribution >= 0.6 is 0 Å². The molecular weight excluding hydrogens is 340 g/mol. The normalized spacial score (nSPS) is 21.9. The minimum Gasteiger partial charge on any atom is -0.356 e. The van der Waals surface area contributed by atoms with Crippen LogP contribution in [0.1, 0.15) is 16.2 Å². The number of amides is 1. The Morgan fingerprint density at radius 2 is 1.81 bits per heavy atom. The fourth-order valence-corrected chi connectivity index (χ4v) is 4.48. The SMILES string of the molecule is Cc1cc(N2CC3CN(C(=O)c4nn(C)c5ccccc45)CC3C2)ncn1. The van der Waals surface area contributed by atoms with E-state index in [0.717, 1.165) is 48.6 Å². The first kappa shape index (κ1) is 16.2. The van der Waals surface area contributed by atoms with Gasteiger partial charge in [0.05, 0.1) is 5.52 Å². The van der Waals surface area contributed by atoms with Gasteiger partial charge in [0.15, 0.2) is 5.69 Å². The van der Waals surface area contributed by atoms with Crippen LogP contribution in [0.4, 0.5) is 5.82 Å². The van der Waals surface area contributed by atoms with Crippen LogP contribution in [0.25, 0.3) is 10.9 Å². The molecule has 0 aliphatic carbocycles. The molecule has 138 valence electrons. The Kier molecular flexibility index (Phi) is 3.63. The van der Waals surface area contributed by atoms with Gasteiger partial charge in [-0.1, -0.05) is 18.2 Å². The Bertz CT molecular complexity index is 1010. The highest BCUT2D eigenvalue weighted by atomic mass is 16.2. The van der Waals surface area contributed by atoms with Gasteiger partial charge in [0.2, 0.25) is 0 Å². The van der Waals surface area contributed by atoms with E-state index in [1.165, 1.54) is 0 Å². The Morgan fingerprint density at radius 1 is 1.07 bits per heavy atom. The van der Waals surface area contributed by atoms with Crippen molar-refractivity contribution >= 4 is 22.6 Å². The third-order valence-electron chi connectivity index (χ3n) is 5.85. The standard InChI is InChI=1S/C20H22N6O/c1-13-7-18(22-12-21-13)25-8-14-10-26(11-15(14)9-25)20(27)19-16-5-3-4-6-17(16)24(2)23-19/h3-7,12,14-15H,8-11H2,1-2H3. The van der Waals surface area contributed by atoms with Crippen molar-refractivity contribution in [2.75, 3.05) is 31.1 Å². The molecule has 1 aromatic carbocycles. The van der Waals surface area contributed by atoms with Gasteiger partial charge in [-0.3, -0.25) is 9.48 Å². The van der Waals surface area contributed by atoms with E-state index in [-0.39, 0.29) is 5.91 Å². The monoisotopic (exact) mass is 362 g/mol. The van der Waals surface area contributed by atoms with E-state index in [4.69, 9.17) is 0 Å². The van der Waals surface area contributed by atoms with Crippen LogP contribution in [0.2, 0.25) is 0 Å². The first-order valence-corrected chi connectivity index (χ1v) is 9.35. The second-order valence-corrected chi connectivity index (χ2v) is 7.64. The molecule has 2 fully saturated rings. The predicted molar refractivity (Wildman–Crippen MR) is 103 cm³/mol. The summed E-state index contributed by atoms with van der Waals surface area (Å²) in [5, 5.41) is 5.43. The molecule has 2 atom stereocenters. The lowest BCUT2D eigenvalue weighted by molar-refractivity contribution is 0.0778. The maximum Gasteiger partial charge on any atom is 0.275 e. The Labute approximate surface area is 157 Å². The summed E-state index contributed by atoms with van der Waals surface area (Å²) in [5.41, 5.74) is 2.54. The Morgan fingerprint density at radius 3 is 2.56 bits per heavy atom. The first-order valence-electron chi connectivity index (χ1n) is 9.35. The molecule has 3 aromatic rings. The number of likely N-dealkylation sites (tertiary alicyclic amines) is 1. The lowest BCUT2D eigenvalue weighted by Crippen LogP contribution is -2.33. The van der Waals surface area contributed by atoms with Crippen LogP contribution in [0, 0.1) is 18.8 Å². The molecule has 2 aliphatic heterocycles. The number of hydrogen-bond donors (Lipinski definition) is 0. The van der Waals surface area contributed by atoms with Gasteiger partial charge >= 0.3 is 0 Å². The second-order valence-electron chi connectivity index (χ2n) is 7.64. The topological polar surface area (TPSA) is 67.2 Å². The summed E-state index contributed by atoms with van der Waals surface area (Å²) in [5.74, 6) is 2.01. The molecular formula is C20H22N6O. The molecule has 0 saturated carbocycles. The molecule has 0 spiro atoms. The zero-order valence-electron chi connectivity index (χ0n) is 15.5. The highest BCUT2D eigenvalue weighted by Gasteiger charge is 2.42. The van der Waals surface area contributed by atoms with Crippen LogP contribution in [-0.2, 0) is 7.05 Å². The number of benzene rings is 1. The van der Waals surface area contributed by atoms with Crippen molar-refractivity contribution in [1.29, 1.82) is 0 Å². The van der Waals surface area contributed by atoms with Crippen molar-refractivity contribution in [3.8, 4) is 0 Å². The van der Waals surface area contributed by atoms with E-state index in [1.807, 2.05) is 49.2 Å². The number of fused-ring (bicyclic) bond motifs is 2. The third-order valence-corrected chi connectivity index (χ3v) is 5.85. The molecule has 7 nitrogen and oxygen atoms in total. The smallest absolute Gasteiger partial charge is 0.275 e. The molecule has 0 bridgehead atoms. The minimum absolute atomic E-state index is 0.0469. The van der Waals surface area contributed by atoms with E-state index in [1.54, 1.807) is 11.0 Å². The number of hydrogen-bond acceptors (Lipinski definition) is 5. The third kappa shape index (κ3) is 2.65. The molecule has 27 heavy (non-hydrogen) atoms. The van der Waals surface area contributed by atoms with E-state index in [0.29, 0.717) is 17.5 Å². The van der Waals surface area contributed by atoms with Crippen molar-refractivity contribution in [1.82, 2.24) is 24.6 Å². The maximum absolute atomic E-state index is 13.1. The fraction of sp³-hybridized carbons (Fsp3) is 0.400. The molecule has 0 N–H and O–H groups in total. The van der Waals surface area contributed by atoms with Gasteiger partial charge in [-0.05, 0) is 13.0 Å². The van der Waals surface area contributed by atoms with Crippen LogP contribution in [0.15, 0.2) is 36.7 Å². The number of carbonyl (C=O) groups is 1. The van der Waals surface area contributed by atoms with Gasteiger partial charge in [-0.2, -0.15) is 5.10 Å². The number of nitrogens with zero attached hydrogens (tertiary/aromatic N) is 6. The highest BCUT2D eigenvalue weighted by molar-refractivity contribution is 6.05. The minimum atomic E-state index is 0.0469. The van der Waals surface area contributed by atoms with E-state index in [9.17, 15) is 4.79 Å². The van der Waals surface area contributed by atoms with Gasteiger partial charge < -0.3 is 9.80 Å². The summed E-state index contributed by atoms with van der Waals surface area (Å²) in [4.78, 5) is 26.0. The largest absolute Gasteiger partial charge is 0.356 e. The fourth-order valence-electron chi connectivity index (χ4n) is 4.48. The molecule has 7 heteroatoms. The number of carbonyl (C=O) groups excluding carboxylic acids is 1. The summed E-state index contributed by atoms with van der Waals surface area (Å²) in [6.45, 7) is 5.44. The van der Waals surface area contributed by atoms with Gasteiger partial charge in [-0.15, -0.1) is 0 Å². The molecule has 2 unspecified atom stereocenters. The summed E-state index contributed by atoms with van der Waals surface area (Å²) in [6.07, 6.45) is 1.63. The van der Waals surface area contributed by atoms with Gasteiger partial charge in [0.25, 0.3) is 5.91 Å². The first-order chi connectivity index (χ1) is 13.1. The molecule has 2 aliphatic rings. The van der Waals surface area contributed by atoms with Crippen molar-refractivity contribution < 1.29 is 4.79 Å². The van der Waals surface area contributed by atoms with Crippen molar-refractivity contribution in [3.05, 3.63) is 48.0 Å².